The first-order chi connectivity index (χ1) is 14.6. The minimum atomic E-state index is -4.70. The standard InChI is InChI=1S/C22H13F3O5S/c23-22(24,25)15-7-4-8-17(11-15)31(27,28)30-16-9-10-18-20(12-16)29-13-19(21(18)26)14-5-2-1-3-6-14/h1-13H. The van der Waals surface area contributed by atoms with E-state index in [1.54, 1.807) is 30.3 Å². The van der Waals surface area contributed by atoms with Crippen LogP contribution in [0.1, 0.15) is 5.56 Å². The molecule has 0 radical (unpaired) electrons. The van der Waals surface area contributed by atoms with Crippen molar-refractivity contribution in [3.63, 3.8) is 0 Å². The highest BCUT2D eigenvalue weighted by Gasteiger charge is 2.32. The molecular weight excluding hydrogens is 433 g/mol. The molecule has 0 atom stereocenters. The summed E-state index contributed by atoms with van der Waals surface area (Å²) >= 11 is 0. The first-order valence-electron chi connectivity index (χ1n) is 8.88. The zero-order valence-electron chi connectivity index (χ0n) is 15.6. The fourth-order valence-electron chi connectivity index (χ4n) is 2.98. The quantitative estimate of drug-likeness (QED) is 0.401. The van der Waals surface area contributed by atoms with Crippen molar-refractivity contribution in [2.45, 2.75) is 11.1 Å². The molecule has 1 aromatic heterocycles. The van der Waals surface area contributed by atoms with Gasteiger partial charge in [0.1, 0.15) is 22.5 Å². The van der Waals surface area contributed by atoms with Gasteiger partial charge < -0.3 is 8.60 Å². The Labute approximate surface area is 174 Å². The Balaban J connectivity index is 1.69. The molecule has 4 rings (SSSR count). The van der Waals surface area contributed by atoms with Crippen molar-refractivity contribution < 1.29 is 30.2 Å². The third-order valence-electron chi connectivity index (χ3n) is 4.49. The van der Waals surface area contributed by atoms with Gasteiger partial charge in [0.05, 0.1) is 16.5 Å². The maximum absolute atomic E-state index is 12.9. The van der Waals surface area contributed by atoms with E-state index in [0.29, 0.717) is 17.2 Å². The second-order valence-electron chi connectivity index (χ2n) is 6.57. The number of alkyl halides is 3. The highest BCUT2D eigenvalue weighted by molar-refractivity contribution is 7.87. The smallest absolute Gasteiger partial charge is 0.416 e. The number of rotatable bonds is 4. The van der Waals surface area contributed by atoms with Crippen molar-refractivity contribution in [2.75, 3.05) is 0 Å². The SMILES string of the molecule is O=c1c(-c2ccccc2)coc2cc(OS(=O)(=O)c3cccc(C(F)(F)F)c3)ccc12. The van der Waals surface area contributed by atoms with Crippen molar-refractivity contribution in [3.05, 3.63) is 94.8 Å². The molecule has 0 aliphatic carbocycles. The van der Waals surface area contributed by atoms with Crippen LogP contribution in [0, 0.1) is 0 Å². The summed E-state index contributed by atoms with van der Waals surface area (Å²) in [5.41, 5.74) is -0.375. The molecule has 0 spiro atoms. The number of benzene rings is 3. The van der Waals surface area contributed by atoms with Crippen molar-refractivity contribution >= 4 is 21.1 Å². The lowest BCUT2D eigenvalue weighted by atomic mass is 10.1. The van der Waals surface area contributed by atoms with Crippen LogP contribution >= 0.6 is 0 Å². The van der Waals surface area contributed by atoms with Gasteiger partial charge in [-0.3, -0.25) is 4.79 Å². The van der Waals surface area contributed by atoms with E-state index in [9.17, 15) is 26.4 Å². The summed E-state index contributed by atoms with van der Waals surface area (Å²) in [5.74, 6) is -0.208. The molecule has 0 unspecified atom stereocenters. The summed E-state index contributed by atoms with van der Waals surface area (Å²) in [6.07, 6.45) is -3.45. The van der Waals surface area contributed by atoms with E-state index in [0.717, 1.165) is 18.2 Å². The van der Waals surface area contributed by atoms with Crippen LogP contribution < -0.4 is 9.61 Å². The van der Waals surface area contributed by atoms with Crippen LogP contribution in [0.25, 0.3) is 22.1 Å². The van der Waals surface area contributed by atoms with Gasteiger partial charge in [0.15, 0.2) is 5.43 Å². The summed E-state index contributed by atoms with van der Waals surface area (Å²) < 4.78 is 73.9. The van der Waals surface area contributed by atoms with Gasteiger partial charge in [0, 0.05) is 6.07 Å². The second kappa shape index (κ2) is 7.59. The van der Waals surface area contributed by atoms with E-state index in [4.69, 9.17) is 8.60 Å². The van der Waals surface area contributed by atoms with Gasteiger partial charge in [-0.15, -0.1) is 0 Å². The first kappa shape index (κ1) is 20.7. The Kier molecular flexibility index (Phi) is 5.06. The molecule has 0 bridgehead atoms. The molecule has 0 fully saturated rings. The number of hydrogen-bond acceptors (Lipinski definition) is 5. The molecule has 0 amide bonds. The second-order valence-corrected chi connectivity index (χ2v) is 8.11. The molecular formula is C22H13F3O5S. The Morgan fingerprint density at radius 2 is 1.61 bits per heavy atom. The molecule has 4 aromatic rings. The van der Waals surface area contributed by atoms with Crippen LogP contribution in [0.3, 0.4) is 0 Å². The van der Waals surface area contributed by atoms with E-state index < -0.39 is 26.8 Å². The predicted octanol–water partition coefficient (Wildman–Crippen LogP) is 5.25. The molecule has 0 aliphatic rings. The van der Waals surface area contributed by atoms with E-state index >= 15 is 0 Å². The summed E-state index contributed by atoms with van der Waals surface area (Å²) in [6, 6.07) is 15.8. The normalized spacial score (nSPS) is 12.1. The van der Waals surface area contributed by atoms with Crippen LogP contribution in [0.2, 0.25) is 0 Å². The van der Waals surface area contributed by atoms with Crippen LogP contribution in [-0.4, -0.2) is 8.42 Å². The zero-order valence-corrected chi connectivity index (χ0v) is 16.4. The Hall–Kier alpha value is -3.59. The van der Waals surface area contributed by atoms with Crippen molar-refractivity contribution in [3.8, 4) is 16.9 Å². The van der Waals surface area contributed by atoms with Crippen LogP contribution in [-0.2, 0) is 16.3 Å². The van der Waals surface area contributed by atoms with Crippen LogP contribution in [0.4, 0.5) is 13.2 Å². The monoisotopic (exact) mass is 446 g/mol. The molecule has 3 aromatic carbocycles. The molecule has 9 heteroatoms. The lowest BCUT2D eigenvalue weighted by Gasteiger charge is -2.10. The first-order valence-corrected chi connectivity index (χ1v) is 10.3. The fourth-order valence-corrected chi connectivity index (χ4v) is 3.95. The van der Waals surface area contributed by atoms with Crippen LogP contribution in [0.15, 0.2) is 93.2 Å². The summed E-state index contributed by atoms with van der Waals surface area (Å²) in [6.45, 7) is 0. The lowest BCUT2D eigenvalue weighted by molar-refractivity contribution is -0.137. The largest absolute Gasteiger partial charge is 0.463 e. The predicted molar refractivity (Wildman–Crippen MR) is 107 cm³/mol. The number of hydrogen-bond donors (Lipinski definition) is 0. The summed E-state index contributed by atoms with van der Waals surface area (Å²) in [7, 11) is -4.55. The Morgan fingerprint density at radius 1 is 0.871 bits per heavy atom. The lowest BCUT2D eigenvalue weighted by Crippen LogP contribution is -2.12. The molecule has 5 nitrogen and oxygen atoms in total. The van der Waals surface area contributed by atoms with E-state index in [2.05, 4.69) is 0 Å². The Morgan fingerprint density at radius 3 is 2.32 bits per heavy atom. The highest BCUT2D eigenvalue weighted by Crippen LogP contribution is 2.31. The molecule has 1 heterocycles. The molecule has 158 valence electrons. The van der Waals surface area contributed by atoms with Crippen molar-refractivity contribution in [1.29, 1.82) is 0 Å². The summed E-state index contributed by atoms with van der Waals surface area (Å²) in [5, 5.41) is 0.199. The van der Waals surface area contributed by atoms with Gasteiger partial charge in [0.2, 0.25) is 0 Å². The average Bonchev–Trinajstić information content (AvgIpc) is 2.74. The molecule has 31 heavy (non-hydrogen) atoms. The van der Waals surface area contributed by atoms with Gasteiger partial charge in [-0.25, -0.2) is 0 Å². The number of halogens is 3. The fraction of sp³-hybridized carbons (Fsp3) is 0.0455. The van der Waals surface area contributed by atoms with Gasteiger partial charge in [-0.05, 0) is 35.9 Å². The minimum absolute atomic E-state index is 0.0708. The van der Waals surface area contributed by atoms with Crippen molar-refractivity contribution in [2.24, 2.45) is 0 Å². The van der Waals surface area contributed by atoms with E-state index in [1.165, 1.54) is 24.5 Å². The topological polar surface area (TPSA) is 73.6 Å². The number of fused-ring (bicyclic) bond motifs is 1. The minimum Gasteiger partial charge on any atom is -0.463 e. The van der Waals surface area contributed by atoms with Gasteiger partial charge in [-0.1, -0.05) is 36.4 Å². The molecule has 0 N–H and O–H groups in total. The van der Waals surface area contributed by atoms with E-state index in [-0.39, 0.29) is 22.1 Å². The van der Waals surface area contributed by atoms with Gasteiger partial charge in [0.25, 0.3) is 0 Å². The van der Waals surface area contributed by atoms with Gasteiger partial charge in [-0.2, -0.15) is 21.6 Å². The maximum atomic E-state index is 12.9. The summed E-state index contributed by atoms with van der Waals surface area (Å²) in [4.78, 5) is 12.1. The molecule has 0 saturated carbocycles. The highest BCUT2D eigenvalue weighted by atomic mass is 32.2. The molecule has 0 aliphatic heterocycles. The maximum Gasteiger partial charge on any atom is 0.416 e. The van der Waals surface area contributed by atoms with Crippen molar-refractivity contribution in [1.82, 2.24) is 0 Å². The van der Waals surface area contributed by atoms with E-state index in [1.807, 2.05) is 0 Å². The van der Waals surface area contributed by atoms with Gasteiger partial charge >= 0.3 is 16.3 Å². The third-order valence-corrected chi connectivity index (χ3v) is 5.73. The molecule has 0 saturated heterocycles. The zero-order chi connectivity index (χ0) is 22.2. The third kappa shape index (κ3) is 4.17. The van der Waals surface area contributed by atoms with Crippen LogP contribution in [0.5, 0.6) is 5.75 Å². The Bertz CT molecular complexity index is 1430. The average molecular weight is 446 g/mol.